The SMILES string of the molecule is CC(C)(C)CC(CN)C(=O)NC(CO)(CO)CO. The molecule has 6 N–H and O–H groups in total. The summed E-state index contributed by atoms with van der Waals surface area (Å²) in [6, 6.07) is 0. The fourth-order valence-corrected chi connectivity index (χ4v) is 1.65. The number of carbonyl (C=O) groups excluding carboxylic acids is 1. The number of carbonyl (C=O) groups is 1. The van der Waals surface area contributed by atoms with Crippen molar-refractivity contribution < 1.29 is 20.1 Å². The van der Waals surface area contributed by atoms with Gasteiger partial charge in [-0.2, -0.15) is 0 Å². The fraction of sp³-hybridized carbons (Fsp3) is 0.917. The third-order valence-electron chi connectivity index (χ3n) is 2.81. The number of hydrogen-bond donors (Lipinski definition) is 5. The van der Waals surface area contributed by atoms with Crippen molar-refractivity contribution in [2.45, 2.75) is 32.7 Å². The van der Waals surface area contributed by atoms with Gasteiger partial charge in [-0.3, -0.25) is 4.79 Å². The third-order valence-corrected chi connectivity index (χ3v) is 2.81. The van der Waals surface area contributed by atoms with E-state index < -0.39 is 31.3 Å². The van der Waals surface area contributed by atoms with Gasteiger partial charge < -0.3 is 26.4 Å². The van der Waals surface area contributed by atoms with Crippen molar-refractivity contribution in [3.05, 3.63) is 0 Å². The summed E-state index contributed by atoms with van der Waals surface area (Å²) >= 11 is 0. The summed E-state index contributed by atoms with van der Waals surface area (Å²) in [6.45, 7) is 4.60. The lowest BCUT2D eigenvalue weighted by Gasteiger charge is -2.32. The highest BCUT2D eigenvalue weighted by atomic mass is 16.3. The molecule has 0 aliphatic heterocycles. The Balaban J connectivity index is 4.70. The lowest BCUT2D eigenvalue weighted by molar-refractivity contribution is -0.130. The van der Waals surface area contributed by atoms with Gasteiger partial charge in [-0.15, -0.1) is 0 Å². The largest absolute Gasteiger partial charge is 0.394 e. The molecule has 0 rings (SSSR count). The molecule has 0 aromatic heterocycles. The highest BCUT2D eigenvalue weighted by molar-refractivity contribution is 5.79. The number of hydrogen-bond acceptors (Lipinski definition) is 5. The quantitative estimate of drug-likeness (QED) is 0.396. The van der Waals surface area contributed by atoms with Crippen molar-refractivity contribution in [2.75, 3.05) is 26.4 Å². The van der Waals surface area contributed by atoms with Crippen molar-refractivity contribution >= 4 is 5.91 Å². The molecule has 0 radical (unpaired) electrons. The summed E-state index contributed by atoms with van der Waals surface area (Å²) in [5.74, 6) is -0.765. The molecule has 0 heterocycles. The maximum absolute atomic E-state index is 12.0. The number of nitrogens with two attached hydrogens (primary N) is 1. The predicted molar refractivity (Wildman–Crippen MR) is 68.7 cm³/mol. The molecule has 108 valence electrons. The van der Waals surface area contributed by atoms with Crippen LogP contribution in [0, 0.1) is 11.3 Å². The Hall–Kier alpha value is -0.690. The molecule has 1 amide bonds. The molecule has 0 saturated carbocycles. The van der Waals surface area contributed by atoms with Crippen LogP contribution < -0.4 is 11.1 Å². The van der Waals surface area contributed by atoms with E-state index in [0.717, 1.165) is 0 Å². The number of rotatable bonds is 7. The normalized spacial score (nSPS) is 14.4. The lowest BCUT2D eigenvalue weighted by Crippen LogP contribution is -2.59. The fourth-order valence-electron chi connectivity index (χ4n) is 1.65. The van der Waals surface area contributed by atoms with Crippen LogP contribution in [0.3, 0.4) is 0 Å². The number of aliphatic hydroxyl groups excluding tert-OH is 3. The van der Waals surface area contributed by atoms with Crippen LogP contribution in [0.25, 0.3) is 0 Å². The Kier molecular flexibility index (Phi) is 6.77. The summed E-state index contributed by atoms with van der Waals surface area (Å²) in [5.41, 5.74) is 4.14. The second-order valence-corrected chi connectivity index (χ2v) is 5.94. The van der Waals surface area contributed by atoms with Gasteiger partial charge in [-0.1, -0.05) is 20.8 Å². The van der Waals surface area contributed by atoms with E-state index in [9.17, 15) is 4.79 Å². The summed E-state index contributed by atoms with van der Waals surface area (Å²) < 4.78 is 0. The van der Waals surface area contributed by atoms with Crippen LogP contribution in [0.5, 0.6) is 0 Å². The predicted octanol–water partition coefficient (Wildman–Crippen LogP) is -1.17. The molecule has 0 aromatic rings. The Labute approximate surface area is 108 Å². The van der Waals surface area contributed by atoms with Crippen molar-refractivity contribution in [1.29, 1.82) is 0 Å². The van der Waals surface area contributed by atoms with E-state index in [1.54, 1.807) is 0 Å². The van der Waals surface area contributed by atoms with Gasteiger partial charge >= 0.3 is 0 Å². The topological polar surface area (TPSA) is 116 Å². The smallest absolute Gasteiger partial charge is 0.225 e. The number of aliphatic hydroxyl groups is 3. The van der Waals surface area contributed by atoms with Gasteiger partial charge in [0.05, 0.1) is 25.7 Å². The van der Waals surface area contributed by atoms with E-state index in [0.29, 0.717) is 6.42 Å². The number of amides is 1. The van der Waals surface area contributed by atoms with Crippen LogP contribution in [0.2, 0.25) is 0 Å². The molecule has 6 heteroatoms. The molecule has 0 aliphatic carbocycles. The molecule has 0 spiro atoms. The van der Waals surface area contributed by atoms with Crippen molar-refractivity contribution in [3.8, 4) is 0 Å². The standard InChI is InChI=1S/C12H26N2O4/c1-11(2,3)4-9(5-13)10(18)14-12(6-15,7-16)8-17/h9,15-17H,4-8,13H2,1-3H3,(H,14,18). The van der Waals surface area contributed by atoms with Gasteiger partial charge in [0.15, 0.2) is 0 Å². The minimum absolute atomic E-state index is 0.0539. The molecule has 1 atom stereocenters. The number of nitrogens with one attached hydrogen (secondary N) is 1. The molecule has 0 saturated heterocycles. The zero-order chi connectivity index (χ0) is 14.4. The molecule has 0 aliphatic rings. The monoisotopic (exact) mass is 262 g/mol. The van der Waals surface area contributed by atoms with Gasteiger partial charge in [0, 0.05) is 6.54 Å². The van der Waals surface area contributed by atoms with Crippen LogP contribution >= 0.6 is 0 Å². The maximum Gasteiger partial charge on any atom is 0.225 e. The summed E-state index contributed by atoms with van der Waals surface area (Å²) in [7, 11) is 0. The average Bonchev–Trinajstić information content (AvgIpc) is 2.32. The molecule has 0 fully saturated rings. The summed E-state index contributed by atoms with van der Waals surface area (Å²) in [4.78, 5) is 12.0. The average molecular weight is 262 g/mol. The molecule has 0 aromatic carbocycles. The van der Waals surface area contributed by atoms with Crippen LogP contribution in [0.15, 0.2) is 0 Å². The van der Waals surface area contributed by atoms with Crippen molar-refractivity contribution in [2.24, 2.45) is 17.1 Å². The Morgan fingerprint density at radius 1 is 1.17 bits per heavy atom. The van der Waals surface area contributed by atoms with Crippen LogP contribution in [0.1, 0.15) is 27.2 Å². The second-order valence-electron chi connectivity index (χ2n) is 5.94. The van der Waals surface area contributed by atoms with E-state index in [1.165, 1.54) is 0 Å². The van der Waals surface area contributed by atoms with Crippen molar-refractivity contribution in [3.63, 3.8) is 0 Å². The zero-order valence-electron chi connectivity index (χ0n) is 11.4. The zero-order valence-corrected chi connectivity index (χ0v) is 11.4. The first kappa shape index (κ1) is 17.3. The van der Waals surface area contributed by atoms with Gasteiger partial charge in [0.2, 0.25) is 5.91 Å². The first-order valence-corrected chi connectivity index (χ1v) is 6.08. The van der Waals surface area contributed by atoms with Gasteiger partial charge in [0.1, 0.15) is 5.54 Å². The summed E-state index contributed by atoms with van der Waals surface area (Å²) in [6.07, 6.45) is 0.591. The molecule has 1 unspecified atom stereocenters. The first-order chi connectivity index (χ1) is 8.23. The highest BCUT2D eigenvalue weighted by Gasteiger charge is 2.33. The van der Waals surface area contributed by atoms with E-state index >= 15 is 0 Å². The Morgan fingerprint density at radius 2 is 1.61 bits per heavy atom. The lowest BCUT2D eigenvalue weighted by atomic mass is 9.84. The molecule has 0 bridgehead atoms. The second kappa shape index (κ2) is 7.04. The van der Waals surface area contributed by atoms with Crippen LogP contribution in [-0.2, 0) is 4.79 Å². The van der Waals surface area contributed by atoms with E-state index in [2.05, 4.69) is 5.32 Å². The van der Waals surface area contributed by atoms with Gasteiger partial charge in [0.25, 0.3) is 0 Å². The first-order valence-electron chi connectivity index (χ1n) is 6.08. The maximum atomic E-state index is 12.0. The summed E-state index contributed by atoms with van der Waals surface area (Å²) in [5, 5.41) is 29.9. The highest BCUT2D eigenvalue weighted by Crippen LogP contribution is 2.24. The molecule has 18 heavy (non-hydrogen) atoms. The molecule has 6 nitrogen and oxygen atoms in total. The van der Waals surface area contributed by atoms with E-state index in [4.69, 9.17) is 21.1 Å². The van der Waals surface area contributed by atoms with Crippen LogP contribution in [-0.4, -0.2) is 53.1 Å². The van der Waals surface area contributed by atoms with Crippen molar-refractivity contribution in [1.82, 2.24) is 5.32 Å². The minimum Gasteiger partial charge on any atom is -0.394 e. The van der Waals surface area contributed by atoms with Crippen LogP contribution in [0.4, 0.5) is 0 Å². The van der Waals surface area contributed by atoms with Gasteiger partial charge in [-0.05, 0) is 11.8 Å². The minimum atomic E-state index is -1.39. The third kappa shape index (κ3) is 5.30. The Morgan fingerprint density at radius 3 is 1.89 bits per heavy atom. The van der Waals surface area contributed by atoms with E-state index in [-0.39, 0.29) is 17.9 Å². The Bertz CT molecular complexity index is 251. The van der Waals surface area contributed by atoms with E-state index in [1.807, 2.05) is 20.8 Å². The van der Waals surface area contributed by atoms with Gasteiger partial charge in [-0.25, -0.2) is 0 Å². The molecular weight excluding hydrogens is 236 g/mol. The molecular formula is C12H26N2O4.